The normalized spacial score (nSPS) is 19.8. The number of ether oxygens (including phenoxy) is 1. The fourth-order valence-corrected chi connectivity index (χ4v) is 3.99. The monoisotopic (exact) mass is 350 g/mol. The number of rotatable bonds is 4. The maximum absolute atomic E-state index is 12.1. The van der Waals surface area contributed by atoms with Gasteiger partial charge in [0.2, 0.25) is 0 Å². The van der Waals surface area contributed by atoms with Crippen molar-refractivity contribution in [3.63, 3.8) is 0 Å². The predicted molar refractivity (Wildman–Crippen MR) is 99.5 cm³/mol. The van der Waals surface area contributed by atoms with Crippen molar-refractivity contribution < 1.29 is 14.3 Å². The van der Waals surface area contributed by atoms with Gasteiger partial charge in [0, 0.05) is 42.5 Å². The van der Waals surface area contributed by atoms with Crippen LogP contribution in [0.3, 0.4) is 0 Å². The van der Waals surface area contributed by atoms with Gasteiger partial charge in [-0.1, -0.05) is 18.2 Å². The van der Waals surface area contributed by atoms with E-state index in [1.165, 1.54) is 18.1 Å². The van der Waals surface area contributed by atoms with Crippen LogP contribution < -0.4 is 0 Å². The average Bonchev–Trinajstić information content (AvgIpc) is 3.09. The second-order valence-corrected chi connectivity index (χ2v) is 6.90. The Labute approximate surface area is 152 Å². The molecule has 1 aliphatic heterocycles. The second-order valence-electron chi connectivity index (χ2n) is 6.90. The minimum atomic E-state index is -0.508. The lowest BCUT2D eigenvalue weighted by molar-refractivity contribution is -0.138. The van der Waals surface area contributed by atoms with Crippen molar-refractivity contribution in [3.8, 4) is 0 Å². The number of para-hydroxylation sites is 1. The zero-order chi connectivity index (χ0) is 18.1. The third-order valence-electron chi connectivity index (χ3n) is 5.38. The van der Waals surface area contributed by atoms with Crippen LogP contribution in [0.4, 0.5) is 0 Å². The van der Waals surface area contributed by atoms with Crippen molar-refractivity contribution in [3.05, 3.63) is 59.4 Å². The summed E-state index contributed by atoms with van der Waals surface area (Å²) >= 11 is 0. The highest BCUT2D eigenvalue weighted by Crippen LogP contribution is 2.33. The number of ketones is 1. The molecular formula is C21H22N2O3. The van der Waals surface area contributed by atoms with Gasteiger partial charge in [-0.15, -0.1) is 0 Å². The van der Waals surface area contributed by atoms with Gasteiger partial charge < -0.3 is 14.6 Å². The van der Waals surface area contributed by atoms with Crippen LogP contribution in [-0.2, 0) is 20.7 Å². The molecule has 134 valence electrons. The molecule has 0 bridgehead atoms. The summed E-state index contributed by atoms with van der Waals surface area (Å²) in [6, 6.07) is 8.32. The second kappa shape index (κ2) is 6.83. The molecule has 1 atom stereocenters. The van der Waals surface area contributed by atoms with E-state index in [0.29, 0.717) is 6.42 Å². The molecule has 1 unspecified atom stereocenters. The number of allylic oxidation sites excluding steroid dienone is 1. The van der Waals surface area contributed by atoms with Gasteiger partial charge in [0.25, 0.3) is 0 Å². The quantitative estimate of drug-likeness (QED) is 0.680. The number of nitrogens with zero attached hydrogens (tertiary/aromatic N) is 1. The van der Waals surface area contributed by atoms with Gasteiger partial charge in [-0.2, -0.15) is 0 Å². The third kappa shape index (κ3) is 2.94. The van der Waals surface area contributed by atoms with E-state index in [0.717, 1.165) is 37.0 Å². The Morgan fingerprint density at radius 2 is 2.19 bits per heavy atom. The first kappa shape index (κ1) is 16.6. The minimum Gasteiger partial charge on any atom is -0.465 e. The maximum atomic E-state index is 12.1. The number of aromatic amines is 1. The number of fused-ring (bicyclic) bond motifs is 2. The van der Waals surface area contributed by atoms with E-state index in [9.17, 15) is 9.59 Å². The predicted octanol–water partition coefficient (Wildman–Crippen LogP) is 2.99. The number of carbonyl (C=O) groups excluding carboxylic acids is 2. The van der Waals surface area contributed by atoms with Gasteiger partial charge in [0.15, 0.2) is 5.78 Å². The summed E-state index contributed by atoms with van der Waals surface area (Å²) in [5, 5.41) is 1.27. The average molecular weight is 350 g/mol. The molecule has 0 amide bonds. The number of hydrogen-bond donors (Lipinski definition) is 1. The third-order valence-corrected chi connectivity index (χ3v) is 5.38. The summed E-state index contributed by atoms with van der Waals surface area (Å²) in [7, 11) is 1.33. The maximum Gasteiger partial charge on any atom is 0.341 e. The summed E-state index contributed by atoms with van der Waals surface area (Å²) in [5.41, 5.74) is 3.56. The van der Waals surface area contributed by atoms with Gasteiger partial charge in [0.05, 0.1) is 7.11 Å². The van der Waals surface area contributed by atoms with Crippen LogP contribution in [0.15, 0.2) is 53.9 Å². The van der Waals surface area contributed by atoms with Gasteiger partial charge in [-0.25, -0.2) is 4.79 Å². The van der Waals surface area contributed by atoms with Crippen LogP contribution in [0, 0.1) is 5.92 Å². The number of carbonyl (C=O) groups is 2. The van der Waals surface area contributed by atoms with Crippen LogP contribution in [0.25, 0.3) is 10.9 Å². The molecule has 0 radical (unpaired) electrons. The molecule has 0 fully saturated rings. The van der Waals surface area contributed by atoms with Crippen LogP contribution in [0.1, 0.15) is 18.4 Å². The van der Waals surface area contributed by atoms with E-state index in [1.807, 2.05) is 18.3 Å². The molecule has 1 aromatic carbocycles. The van der Waals surface area contributed by atoms with E-state index in [1.54, 1.807) is 0 Å². The molecule has 2 aromatic rings. The summed E-state index contributed by atoms with van der Waals surface area (Å²) in [6.45, 7) is 1.74. The lowest BCUT2D eigenvalue weighted by atomic mass is 9.80. The smallest absolute Gasteiger partial charge is 0.341 e. The van der Waals surface area contributed by atoms with Crippen molar-refractivity contribution >= 4 is 22.7 Å². The highest BCUT2D eigenvalue weighted by atomic mass is 16.5. The van der Waals surface area contributed by atoms with Crippen LogP contribution in [0.5, 0.6) is 0 Å². The largest absolute Gasteiger partial charge is 0.465 e. The summed E-state index contributed by atoms with van der Waals surface area (Å²) in [4.78, 5) is 29.7. The summed E-state index contributed by atoms with van der Waals surface area (Å²) < 4.78 is 4.80. The number of aromatic nitrogens is 1. The van der Waals surface area contributed by atoms with Crippen LogP contribution >= 0.6 is 0 Å². The Bertz CT molecular complexity index is 922. The van der Waals surface area contributed by atoms with Crippen molar-refractivity contribution in [1.29, 1.82) is 0 Å². The van der Waals surface area contributed by atoms with Crippen molar-refractivity contribution in [2.45, 2.75) is 19.3 Å². The first-order chi connectivity index (χ1) is 12.7. The first-order valence-corrected chi connectivity index (χ1v) is 9.00. The van der Waals surface area contributed by atoms with Gasteiger partial charge in [-0.3, -0.25) is 4.79 Å². The molecule has 5 heteroatoms. The zero-order valence-corrected chi connectivity index (χ0v) is 14.8. The number of nitrogens with one attached hydrogen (secondary N) is 1. The molecule has 1 N–H and O–H groups in total. The van der Waals surface area contributed by atoms with E-state index < -0.39 is 5.97 Å². The minimum absolute atomic E-state index is 0.0972. The number of benzene rings is 1. The Hall–Kier alpha value is -2.82. The van der Waals surface area contributed by atoms with Crippen molar-refractivity contribution in [2.24, 2.45) is 5.92 Å². The van der Waals surface area contributed by atoms with Crippen LogP contribution in [0.2, 0.25) is 0 Å². The number of methoxy groups -OCH3 is 1. The highest BCUT2D eigenvalue weighted by molar-refractivity contribution is 6.18. The molecule has 0 saturated carbocycles. The molecule has 2 heterocycles. The van der Waals surface area contributed by atoms with Gasteiger partial charge >= 0.3 is 5.97 Å². The summed E-state index contributed by atoms with van der Waals surface area (Å²) in [5.74, 6) is -0.388. The number of H-pyrrole nitrogens is 1. The molecule has 0 saturated heterocycles. The molecule has 4 rings (SSSR count). The van der Waals surface area contributed by atoms with E-state index in [4.69, 9.17) is 4.74 Å². The zero-order valence-electron chi connectivity index (χ0n) is 14.8. The molecule has 1 aliphatic carbocycles. The Morgan fingerprint density at radius 3 is 3.04 bits per heavy atom. The topological polar surface area (TPSA) is 62.4 Å². The van der Waals surface area contributed by atoms with E-state index >= 15 is 0 Å². The Morgan fingerprint density at radius 1 is 1.35 bits per heavy atom. The number of hydrogen-bond acceptors (Lipinski definition) is 4. The SMILES string of the molecule is COC(=O)C1=C2C=CN(CCc3c[nH]c4ccccc34)CC2CCC1=O. The van der Waals surface area contributed by atoms with Gasteiger partial charge in [-0.05, 0) is 42.3 Å². The molecular weight excluding hydrogens is 328 g/mol. The lowest BCUT2D eigenvalue weighted by Gasteiger charge is -2.34. The fourth-order valence-electron chi connectivity index (χ4n) is 3.99. The first-order valence-electron chi connectivity index (χ1n) is 9.00. The standard InChI is InChI=1S/C21H22N2O3/c1-26-21(25)20-17-9-11-23(13-15(17)6-7-19(20)24)10-8-14-12-22-18-5-3-2-4-16(14)18/h2-5,9,11-12,15,22H,6-8,10,13H2,1H3. The van der Waals surface area contributed by atoms with E-state index in [-0.39, 0.29) is 17.3 Å². The highest BCUT2D eigenvalue weighted by Gasteiger charge is 2.34. The van der Waals surface area contributed by atoms with Gasteiger partial charge in [0.1, 0.15) is 5.57 Å². The van der Waals surface area contributed by atoms with Crippen molar-refractivity contribution in [2.75, 3.05) is 20.2 Å². The molecule has 0 spiro atoms. The number of Topliss-reactive ketones (excluding diaryl/α,β-unsaturated/α-hetero) is 1. The molecule has 5 nitrogen and oxygen atoms in total. The summed E-state index contributed by atoms with van der Waals surface area (Å²) in [6.07, 6.45) is 8.17. The lowest BCUT2D eigenvalue weighted by Crippen LogP contribution is -2.35. The number of esters is 1. The van der Waals surface area contributed by atoms with Crippen LogP contribution in [-0.4, -0.2) is 41.8 Å². The Balaban J connectivity index is 1.51. The fraction of sp³-hybridized carbons (Fsp3) is 0.333. The van der Waals surface area contributed by atoms with E-state index in [2.05, 4.69) is 34.3 Å². The molecule has 2 aliphatic rings. The molecule has 1 aromatic heterocycles. The molecule has 26 heavy (non-hydrogen) atoms. The van der Waals surface area contributed by atoms with Crippen molar-refractivity contribution in [1.82, 2.24) is 9.88 Å². The Kier molecular flexibility index (Phi) is 4.37.